The highest BCUT2D eigenvalue weighted by atomic mass is 32.1. The van der Waals surface area contributed by atoms with Crippen LogP contribution in [0.25, 0.3) is 10.6 Å². The molecule has 0 unspecified atom stereocenters. The van der Waals surface area contributed by atoms with Crippen LogP contribution in [0.5, 0.6) is 0 Å². The minimum absolute atomic E-state index is 0.571. The van der Waals surface area contributed by atoms with Gasteiger partial charge in [0.1, 0.15) is 5.01 Å². The maximum absolute atomic E-state index is 5.60. The zero-order valence-electron chi connectivity index (χ0n) is 9.87. The minimum Gasteiger partial charge on any atom is -0.326 e. The average Bonchev–Trinajstić information content (AvgIpc) is 2.71. The Bertz CT molecular complexity index is 515. The molecule has 0 amide bonds. The molecule has 3 heteroatoms. The van der Waals surface area contributed by atoms with Gasteiger partial charge in [-0.2, -0.15) is 0 Å². The molecule has 0 saturated carbocycles. The van der Waals surface area contributed by atoms with Gasteiger partial charge in [-0.1, -0.05) is 6.07 Å². The summed E-state index contributed by atoms with van der Waals surface area (Å²) in [5.74, 6) is 0. The molecule has 0 saturated heterocycles. The van der Waals surface area contributed by atoms with E-state index in [1.165, 1.54) is 22.3 Å². The van der Waals surface area contributed by atoms with E-state index in [-0.39, 0.29) is 0 Å². The lowest BCUT2D eigenvalue weighted by Crippen LogP contribution is -1.91. The Morgan fingerprint density at radius 2 is 1.81 bits per heavy atom. The fourth-order valence-corrected chi connectivity index (χ4v) is 2.59. The van der Waals surface area contributed by atoms with E-state index in [0.29, 0.717) is 6.54 Å². The normalized spacial score (nSPS) is 10.8. The van der Waals surface area contributed by atoms with E-state index in [1.54, 1.807) is 11.3 Å². The summed E-state index contributed by atoms with van der Waals surface area (Å²) in [6.45, 7) is 6.97. The smallest absolute Gasteiger partial charge is 0.123 e. The van der Waals surface area contributed by atoms with Gasteiger partial charge in [0.2, 0.25) is 0 Å². The van der Waals surface area contributed by atoms with E-state index >= 15 is 0 Å². The predicted molar refractivity (Wildman–Crippen MR) is 69.7 cm³/mol. The topological polar surface area (TPSA) is 38.9 Å². The highest BCUT2D eigenvalue weighted by Crippen LogP contribution is 2.29. The number of hydrogen-bond acceptors (Lipinski definition) is 3. The molecule has 0 spiro atoms. The van der Waals surface area contributed by atoms with Gasteiger partial charge in [-0.15, -0.1) is 11.3 Å². The molecule has 1 heterocycles. The van der Waals surface area contributed by atoms with Gasteiger partial charge in [0.15, 0.2) is 0 Å². The van der Waals surface area contributed by atoms with Crippen LogP contribution in [0.2, 0.25) is 0 Å². The van der Waals surface area contributed by atoms with Crippen molar-refractivity contribution in [1.82, 2.24) is 4.98 Å². The standard InChI is InChI=1S/C13H16N2S/c1-8-4-10(3)12(5-9(8)2)13-15-7-11(6-14)16-13/h4-5,7H,6,14H2,1-3H3. The molecule has 2 rings (SSSR count). The number of nitrogens with zero attached hydrogens (tertiary/aromatic N) is 1. The lowest BCUT2D eigenvalue weighted by Gasteiger charge is -2.07. The SMILES string of the molecule is Cc1cc(C)c(-c2ncc(CN)s2)cc1C. The molecule has 1 aromatic heterocycles. The van der Waals surface area contributed by atoms with Crippen molar-refractivity contribution in [1.29, 1.82) is 0 Å². The van der Waals surface area contributed by atoms with E-state index in [4.69, 9.17) is 5.73 Å². The van der Waals surface area contributed by atoms with Crippen LogP contribution in [0.1, 0.15) is 21.6 Å². The van der Waals surface area contributed by atoms with Crippen molar-refractivity contribution in [2.24, 2.45) is 5.73 Å². The molecule has 2 aromatic rings. The maximum atomic E-state index is 5.60. The Hall–Kier alpha value is -1.19. The van der Waals surface area contributed by atoms with Gasteiger partial charge < -0.3 is 5.73 Å². The summed E-state index contributed by atoms with van der Waals surface area (Å²) in [5.41, 5.74) is 10.8. The zero-order chi connectivity index (χ0) is 11.7. The molecule has 0 radical (unpaired) electrons. The van der Waals surface area contributed by atoms with E-state index in [9.17, 15) is 0 Å². The Labute approximate surface area is 100 Å². The van der Waals surface area contributed by atoms with Crippen LogP contribution in [0.15, 0.2) is 18.3 Å². The van der Waals surface area contributed by atoms with E-state index in [2.05, 4.69) is 37.9 Å². The van der Waals surface area contributed by atoms with E-state index in [1.807, 2.05) is 6.20 Å². The summed E-state index contributed by atoms with van der Waals surface area (Å²) in [7, 11) is 0. The fraction of sp³-hybridized carbons (Fsp3) is 0.308. The Morgan fingerprint density at radius 3 is 2.44 bits per heavy atom. The largest absolute Gasteiger partial charge is 0.326 e. The third kappa shape index (κ3) is 2.01. The van der Waals surface area contributed by atoms with Crippen molar-refractivity contribution in [3.8, 4) is 10.6 Å². The molecule has 2 N–H and O–H groups in total. The summed E-state index contributed by atoms with van der Waals surface area (Å²) in [4.78, 5) is 5.56. The summed E-state index contributed by atoms with van der Waals surface area (Å²) < 4.78 is 0. The molecule has 84 valence electrons. The van der Waals surface area contributed by atoms with Gasteiger partial charge in [-0.3, -0.25) is 0 Å². The summed E-state index contributed by atoms with van der Waals surface area (Å²) in [6.07, 6.45) is 1.87. The highest BCUT2D eigenvalue weighted by molar-refractivity contribution is 7.15. The molecular weight excluding hydrogens is 216 g/mol. The van der Waals surface area contributed by atoms with Gasteiger partial charge in [0.25, 0.3) is 0 Å². The Kier molecular flexibility index (Phi) is 3.08. The van der Waals surface area contributed by atoms with E-state index in [0.717, 1.165) is 9.88 Å². The second-order valence-electron chi connectivity index (χ2n) is 4.09. The zero-order valence-corrected chi connectivity index (χ0v) is 10.7. The van der Waals surface area contributed by atoms with Crippen LogP contribution in [0, 0.1) is 20.8 Å². The monoisotopic (exact) mass is 232 g/mol. The first kappa shape index (κ1) is 11.3. The van der Waals surface area contributed by atoms with Gasteiger partial charge in [0.05, 0.1) is 0 Å². The van der Waals surface area contributed by atoms with Crippen LogP contribution in [0.3, 0.4) is 0 Å². The van der Waals surface area contributed by atoms with Crippen LogP contribution in [-0.2, 0) is 6.54 Å². The molecule has 2 nitrogen and oxygen atoms in total. The highest BCUT2D eigenvalue weighted by Gasteiger charge is 2.08. The molecule has 1 aromatic carbocycles. The maximum Gasteiger partial charge on any atom is 0.123 e. The van der Waals surface area contributed by atoms with Gasteiger partial charge in [0, 0.05) is 23.2 Å². The number of aryl methyl sites for hydroxylation is 3. The number of aromatic nitrogens is 1. The van der Waals surface area contributed by atoms with Crippen LogP contribution in [-0.4, -0.2) is 4.98 Å². The van der Waals surface area contributed by atoms with Crippen molar-refractivity contribution in [3.05, 3.63) is 39.9 Å². The summed E-state index contributed by atoms with van der Waals surface area (Å²) in [5, 5.41) is 1.07. The number of rotatable bonds is 2. The van der Waals surface area contributed by atoms with Crippen LogP contribution < -0.4 is 5.73 Å². The molecular formula is C13H16N2S. The van der Waals surface area contributed by atoms with E-state index < -0.39 is 0 Å². The quantitative estimate of drug-likeness (QED) is 0.863. The summed E-state index contributed by atoms with van der Waals surface area (Å²) >= 11 is 1.68. The van der Waals surface area contributed by atoms with Crippen molar-refractivity contribution in [3.63, 3.8) is 0 Å². The first-order valence-corrected chi connectivity index (χ1v) is 6.16. The Morgan fingerprint density at radius 1 is 1.12 bits per heavy atom. The molecule has 0 atom stereocenters. The second kappa shape index (κ2) is 4.36. The van der Waals surface area contributed by atoms with Gasteiger partial charge in [-0.05, 0) is 43.5 Å². The van der Waals surface area contributed by atoms with Crippen molar-refractivity contribution in [2.45, 2.75) is 27.3 Å². The van der Waals surface area contributed by atoms with Crippen molar-refractivity contribution < 1.29 is 0 Å². The minimum atomic E-state index is 0.571. The van der Waals surface area contributed by atoms with Crippen molar-refractivity contribution in [2.75, 3.05) is 0 Å². The fourth-order valence-electron chi connectivity index (χ4n) is 1.72. The number of benzene rings is 1. The number of thiazole rings is 1. The van der Waals surface area contributed by atoms with Crippen molar-refractivity contribution >= 4 is 11.3 Å². The van der Waals surface area contributed by atoms with Gasteiger partial charge >= 0.3 is 0 Å². The predicted octanol–water partition coefficient (Wildman–Crippen LogP) is 3.19. The van der Waals surface area contributed by atoms with Gasteiger partial charge in [-0.25, -0.2) is 4.98 Å². The third-order valence-corrected chi connectivity index (χ3v) is 3.88. The molecule has 0 aliphatic carbocycles. The number of nitrogens with two attached hydrogens (primary N) is 1. The molecule has 16 heavy (non-hydrogen) atoms. The number of hydrogen-bond donors (Lipinski definition) is 1. The molecule has 0 aliphatic rings. The first-order chi connectivity index (χ1) is 7.61. The second-order valence-corrected chi connectivity index (χ2v) is 5.20. The first-order valence-electron chi connectivity index (χ1n) is 5.35. The lowest BCUT2D eigenvalue weighted by atomic mass is 10.0. The Balaban J connectivity index is 2.51. The van der Waals surface area contributed by atoms with Crippen LogP contribution >= 0.6 is 11.3 Å². The average molecular weight is 232 g/mol. The van der Waals surface area contributed by atoms with Crippen LogP contribution in [0.4, 0.5) is 0 Å². The third-order valence-electron chi connectivity index (χ3n) is 2.83. The lowest BCUT2D eigenvalue weighted by molar-refractivity contribution is 1.10. The molecule has 0 bridgehead atoms. The summed E-state index contributed by atoms with van der Waals surface area (Å²) in [6, 6.07) is 4.43. The molecule has 0 fully saturated rings. The molecule has 0 aliphatic heterocycles.